The Balaban J connectivity index is 1.65. The first-order chi connectivity index (χ1) is 11.8. The zero-order chi connectivity index (χ0) is 18.0. The van der Waals surface area contributed by atoms with Gasteiger partial charge >= 0.3 is 6.36 Å². The van der Waals surface area contributed by atoms with Gasteiger partial charge in [0.1, 0.15) is 0 Å². The van der Waals surface area contributed by atoms with Crippen LogP contribution in [0.4, 0.5) is 13.2 Å². The average Bonchev–Trinajstić information content (AvgIpc) is 2.87. The Bertz CT molecular complexity index is 764. The minimum Gasteiger partial charge on any atom is -0.294 e. The summed E-state index contributed by atoms with van der Waals surface area (Å²) in [6.45, 7) is 2.21. The quantitative estimate of drug-likeness (QED) is 0.537. The van der Waals surface area contributed by atoms with Gasteiger partial charge in [-0.05, 0) is 49.8 Å². The van der Waals surface area contributed by atoms with Gasteiger partial charge in [-0.1, -0.05) is 6.42 Å². The van der Waals surface area contributed by atoms with E-state index in [1.807, 2.05) is 23.9 Å². The number of halogens is 3. The smallest absolute Gasteiger partial charge is 0.294 e. The summed E-state index contributed by atoms with van der Waals surface area (Å²) in [5, 5.41) is 5.45. The maximum Gasteiger partial charge on any atom is 0.522 e. The van der Waals surface area contributed by atoms with E-state index in [0.717, 1.165) is 23.0 Å². The number of carbonyl (C=O) groups is 1. The lowest BCUT2D eigenvalue weighted by Gasteiger charge is -2.24. The maximum atomic E-state index is 12.3. The molecular formula is C18H21F3N2O2. The summed E-state index contributed by atoms with van der Waals surface area (Å²) in [6.07, 6.45) is 1.11. The molecule has 0 atom stereocenters. The van der Waals surface area contributed by atoms with Gasteiger partial charge in [0.25, 0.3) is 0 Å². The van der Waals surface area contributed by atoms with Crippen molar-refractivity contribution >= 4 is 16.7 Å². The van der Waals surface area contributed by atoms with Crippen molar-refractivity contribution in [2.75, 3.05) is 6.61 Å². The number of rotatable bonds is 7. The predicted molar refractivity (Wildman–Crippen MR) is 87.4 cm³/mol. The van der Waals surface area contributed by atoms with E-state index in [1.54, 1.807) is 6.07 Å². The fourth-order valence-electron chi connectivity index (χ4n) is 3.12. The number of fused-ring (bicyclic) bond motifs is 1. The van der Waals surface area contributed by atoms with Crippen molar-refractivity contribution in [3.05, 3.63) is 29.5 Å². The Labute approximate surface area is 144 Å². The van der Waals surface area contributed by atoms with Crippen LogP contribution in [0.1, 0.15) is 48.0 Å². The molecule has 1 aromatic heterocycles. The first kappa shape index (κ1) is 17.9. The van der Waals surface area contributed by atoms with Crippen molar-refractivity contribution in [2.24, 2.45) is 5.92 Å². The summed E-state index contributed by atoms with van der Waals surface area (Å²) in [4.78, 5) is 12.3. The third-order valence-electron chi connectivity index (χ3n) is 4.68. The van der Waals surface area contributed by atoms with Crippen molar-refractivity contribution in [3.63, 3.8) is 0 Å². The van der Waals surface area contributed by atoms with Gasteiger partial charge in [0.15, 0.2) is 5.78 Å². The lowest BCUT2D eigenvalue weighted by Crippen LogP contribution is -2.18. The van der Waals surface area contributed by atoms with Crippen LogP contribution < -0.4 is 0 Å². The van der Waals surface area contributed by atoms with Crippen LogP contribution >= 0.6 is 0 Å². The maximum absolute atomic E-state index is 12.3. The van der Waals surface area contributed by atoms with Crippen molar-refractivity contribution in [1.29, 1.82) is 0 Å². The molecule has 1 aromatic carbocycles. The molecule has 0 bridgehead atoms. The summed E-state index contributed by atoms with van der Waals surface area (Å²) in [6, 6.07) is 3.66. The van der Waals surface area contributed by atoms with Crippen LogP contribution in [0, 0.1) is 12.8 Å². The third kappa shape index (κ3) is 4.60. The van der Waals surface area contributed by atoms with Gasteiger partial charge in [0.05, 0.1) is 12.1 Å². The zero-order valence-corrected chi connectivity index (χ0v) is 14.1. The van der Waals surface area contributed by atoms with E-state index >= 15 is 0 Å². The summed E-state index contributed by atoms with van der Waals surface area (Å²) >= 11 is 0. The second kappa shape index (κ2) is 7.15. The minimum absolute atomic E-state index is 0.0264. The predicted octanol–water partition coefficient (Wildman–Crippen LogP) is 4.64. The van der Waals surface area contributed by atoms with E-state index < -0.39 is 13.0 Å². The molecule has 0 spiro atoms. The molecule has 136 valence electrons. The van der Waals surface area contributed by atoms with Crippen molar-refractivity contribution in [2.45, 2.75) is 51.9 Å². The van der Waals surface area contributed by atoms with Crippen molar-refractivity contribution in [1.82, 2.24) is 9.78 Å². The number of aromatic nitrogens is 2. The van der Waals surface area contributed by atoms with E-state index in [2.05, 4.69) is 9.84 Å². The molecule has 25 heavy (non-hydrogen) atoms. The number of ketones is 1. The molecule has 0 aliphatic heterocycles. The topological polar surface area (TPSA) is 44.1 Å². The van der Waals surface area contributed by atoms with Gasteiger partial charge < -0.3 is 0 Å². The number of aryl methyl sites for hydroxylation is 1. The van der Waals surface area contributed by atoms with E-state index in [0.29, 0.717) is 11.5 Å². The van der Waals surface area contributed by atoms with E-state index in [9.17, 15) is 18.0 Å². The second-order valence-electron chi connectivity index (χ2n) is 6.69. The molecule has 1 heterocycles. The highest BCUT2D eigenvalue weighted by Crippen LogP contribution is 2.28. The van der Waals surface area contributed by atoms with Crippen LogP contribution in [0.25, 0.3) is 10.9 Å². The fourth-order valence-corrected chi connectivity index (χ4v) is 3.12. The number of nitrogens with zero attached hydrogens (tertiary/aromatic N) is 2. The van der Waals surface area contributed by atoms with E-state index in [1.165, 1.54) is 19.3 Å². The molecule has 1 aliphatic carbocycles. The number of hydrogen-bond donors (Lipinski definition) is 0. The molecular weight excluding hydrogens is 333 g/mol. The first-order valence-corrected chi connectivity index (χ1v) is 8.53. The van der Waals surface area contributed by atoms with Gasteiger partial charge in [-0.3, -0.25) is 14.2 Å². The summed E-state index contributed by atoms with van der Waals surface area (Å²) in [5.41, 5.74) is 2.18. The highest BCUT2D eigenvalue weighted by Gasteiger charge is 2.28. The van der Waals surface area contributed by atoms with Crippen LogP contribution in [0.5, 0.6) is 0 Å². The number of carbonyl (C=O) groups excluding carboxylic acids is 1. The monoisotopic (exact) mass is 354 g/mol. The zero-order valence-electron chi connectivity index (χ0n) is 14.1. The summed E-state index contributed by atoms with van der Waals surface area (Å²) < 4.78 is 41.5. The van der Waals surface area contributed by atoms with E-state index in [-0.39, 0.29) is 18.6 Å². The van der Waals surface area contributed by atoms with Gasteiger partial charge in [0.2, 0.25) is 0 Å². The SMILES string of the molecule is Cc1cc2nn(CC3CCC3)cc2cc1C(=O)CCCOC(F)(F)F. The minimum atomic E-state index is -4.65. The number of alkyl halides is 3. The Kier molecular flexibility index (Phi) is 5.13. The standard InChI is InChI=1S/C18H21F3N2O2/c1-12-8-16-14(11-23(22-16)10-13-4-2-5-13)9-15(12)17(24)6-3-7-25-18(19,20)21/h8-9,11,13H,2-7,10H2,1H3. The molecule has 1 aliphatic rings. The lowest BCUT2D eigenvalue weighted by molar-refractivity contribution is -0.324. The van der Waals surface area contributed by atoms with E-state index in [4.69, 9.17) is 0 Å². The number of ether oxygens (including phenoxy) is 1. The average molecular weight is 354 g/mol. The normalized spacial score (nSPS) is 15.5. The van der Waals surface area contributed by atoms with Gasteiger partial charge in [-0.25, -0.2) is 0 Å². The molecule has 0 unspecified atom stereocenters. The third-order valence-corrected chi connectivity index (χ3v) is 4.68. The molecule has 0 N–H and O–H groups in total. The number of benzene rings is 1. The first-order valence-electron chi connectivity index (χ1n) is 8.53. The van der Waals surface area contributed by atoms with Gasteiger partial charge in [-0.15, -0.1) is 13.2 Å². The molecule has 0 saturated heterocycles. The Morgan fingerprint density at radius 3 is 2.76 bits per heavy atom. The van der Waals surface area contributed by atoms with Crippen molar-refractivity contribution < 1.29 is 22.7 Å². The van der Waals surface area contributed by atoms with Crippen LogP contribution in [0.2, 0.25) is 0 Å². The molecule has 0 amide bonds. The second-order valence-corrected chi connectivity index (χ2v) is 6.69. The highest BCUT2D eigenvalue weighted by molar-refractivity contribution is 6.00. The molecule has 1 fully saturated rings. The van der Waals surface area contributed by atoms with Crippen LogP contribution in [-0.2, 0) is 11.3 Å². The molecule has 0 radical (unpaired) electrons. The molecule has 2 aromatic rings. The van der Waals surface area contributed by atoms with Gasteiger partial charge in [-0.2, -0.15) is 5.10 Å². The molecule has 1 saturated carbocycles. The van der Waals surface area contributed by atoms with Gasteiger partial charge in [0, 0.05) is 30.1 Å². The molecule has 3 rings (SSSR count). The highest BCUT2D eigenvalue weighted by atomic mass is 19.4. The number of hydrogen-bond acceptors (Lipinski definition) is 3. The van der Waals surface area contributed by atoms with Crippen LogP contribution in [-0.4, -0.2) is 28.5 Å². The summed E-state index contributed by atoms with van der Waals surface area (Å²) in [5.74, 6) is 0.516. The molecule has 4 nitrogen and oxygen atoms in total. The van der Waals surface area contributed by atoms with Crippen LogP contribution in [0.15, 0.2) is 18.3 Å². The molecule has 7 heteroatoms. The Morgan fingerprint density at radius 2 is 2.12 bits per heavy atom. The van der Waals surface area contributed by atoms with Crippen LogP contribution in [0.3, 0.4) is 0 Å². The number of Topliss-reactive ketones (excluding diaryl/α,β-unsaturated/α-hetero) is 1. The lowest BCUT2D eigenvalue weighted by atomic mass is 9.85. The Morgan fingerprint density at radius 1 is 1.36 bits per heavy atom. The Hall–Kier alpha value is -1.89. The summed E-state index contributed by atoms with van der Waals surface area (Å²) in [7, 11) is 0. The van der Waals surface area contributed by atoms with Crippen molar-refractivity contribution in [3.8, 4) is 0 Å². The fraction of sp³-hybridized carbons (Fsp3) is 0.556. The largest absolute Gasteiger partial charge is 0.522 e.